The van der Waals surface area contributed by atoms with Gasteiger partial charge >= 0.3 is 11.6 Å². The number of rotatable bonds is 7. The number of carbonyl (C=O) groups excluding carboxylic acids is 1. The van der Waals surface area contributed by atoms with Crippen LogP contribution in [-0.4, -0.2) is 23.3 Å². The fraction of sp³-hybridized carbons (Fsp3) is 0.200. The zero-order chi connectivity index (χ0) is 21.0. The predicted octanol–water partition coefficient (Wildman–Crippen LogP) is 3.93. The molecule has 3 rings (SSSR count). The van der Waals surface area contributed by atoms with Gasteiger partial charge in [0.2, 0.25) is 0 Å². The average molecular weight is 415 g/mol. The number of thioether (sulfide) groups is 1. The van der Waals surface area contributed by atoms with Gasteiger partial charge in [0, 0.05) is 40.1 Å². The molecule has 150 valence electrons. The van der Waals surface area contributed by atoms with Crippen molar-refractivity contribution in [3.63, 3.8) is 0 Å². The summed E-state index contributed by atoms with van der Waals surface area (Å²) in [6, 6.07) is 12.3. The molecule has 0 aliphatic rings. The van der Waals surface area contributed by atoms with E-state index in [-0.39, 0.29) is 12.3 Å². The highest BCUT2D eigenvalue weighted by atomic mass is 32.2. The predicted molar refractivity (Wildman–Crippen MR) is 107 cm³/mol. The molecule has 1 atom stereocenters. The van der Waals surface area contributed by atoms with E-state index >= 15 is 0 Å². The largest absolute Gasteiger partial charge is 0.497 e. The average Bonchev–Trinajstić information content (AvgIpc) is 2.71. The minimum atomic E-state index is -0.551. The fourth-order valence-electron chi connectivity index (χ4n) is 2.62. The van der Waals surface area contributed by atoms with E-state index in [1.165, 1.54) is 37.1 Å². The standard InChI is InChI=1S/C20H17NO7S/c1-12(29-16-6-3-14(4-7-16)21(24)25)20(23)27-11-13-9-19(22)28-18-10-15(26-2)5-8-17(13)18/h3-10,12H,11H2,1-2H3/t12-/m0/s1. The van der Waals surface area contributed by atoms with Crippen LogP contribution in [0.25, 0.3) is 11.0 Å². The molecular formula is C20H17NO7S. The highest BCUT2D eigenvalue weighted by Crippen LogP contribution is 2.27. The van der Waals surface area contributed by atoms with Gasteiger partial charge in [0.25, 0.3) is 5.69 Å². The van der Waals surface area contributed by atoms with E-state index in [1.54, 1.807) is 37.3 Å². The first-order chi connectivity index (χ1) is 13.9. The molecule has 2 aromatic carbocycles. The number of nitro benzene ring substituents is 1. The lowest BCUT2D eigenvalue weighted by atomic mass is 10.1. The molecule has 0 saturated heterocycles. The van der Waals surface area contributed by atoms with E-state index in [0.717, 1.165) is 0 Å². The summed E-state index contributed by atoms with van der Waals surface area (Å²) in [6.45, 7) is 1.59. The van der Waals surface area contributed by atoms with Gasteiger partial charge in [-0.05, 0) is 31.2 Å². The minimum absolute atomic E-state index is 0.0176. The molecule has 29 heavy (non-hydrogen) atoms. The van der Waals surface area contributed by atoms with E-state index in [2.05, 4.69) is 0 Å². The molecule has 3 aromatic rings. The van der Waals surface area contributed by atoms with Crippen LogP contribution in [0.5, 0.6) is 5.75 Å². The van der Waals surface area contributed by atoms with Gasteiger partial charge < -0.3 is 13.9 Å². The van der Waals surface area contributed by atoms with E-state index < -0.39 is 21.8 Å². The van der Waals surface area contributed by atoms with Gasteiger partial charge in [0.15, 0.2) is 0 Å². The van der Waals surface area contributed by atoms with Crippen molar-refractivity contribution in [2.75, 3.05) is 7.11 Å². The summed E-state index contributed by atoms with van der Waals surface area (Å²) in [5.41, 5.74) is 0.303. The van der Waals surface area contributed by atoms with Crippen molar-refractivity contribution in [3.8, 4) is 5.75 Å². The number of non-ortho nitro benzene ring substituents is 1. The Bertz CT molecular complexity index is 1110. The molecule has 9 heteroatoms. The van der Waals surface area contributed by atoms with Crippen LogP contribution < -0.4 is 10.4 Å². The van der Waals surface area contributed by atoms with E-state index in [9.17, 15) is 19.7 Å². The topological polar surface area (TPSA) is 109 Å². The second kappa shape index (κ2) is 8.78. The Morgan fingerprint density at radius 2 is 1.93 bits per heavy atom. The van der Waals surface area contributed by atoms with E-state index in [0.29, 0.717) is 27.2 Å². The van der Waals surface area contributed by atoms with Gasteiger partial charge in [0.1, 0.15) is 23.2 Å². The summed E-state index contributed by atoms with van der Waals surface area (Å²) in [7, 11) is 1.51. The molecule has 1 aromatic heterocycles. The molecule has 0 aliphatic carbocycles. The summed E-state index contributed by atoms with van der Waals surface area (Å²) in [4.78, 5) is 35.1. The first-order valence-corrected chi connectivity index (χ1v) is 9.44. The number of esters is 1. The van der Waals surface area contributed by atoms with Crippen LogP contribution in [0.4, 0.5) is 5.69 Å². The van der Waals surface area contributed by atoms with Crippen molar-refractivity contribution < 1.29 is 23.6 Å². The van der Waals surface area contributed by atoms with Crippen molar-refractivity contribution in [1.29, 1.82) is 0 Å². The van der Waals surface area contributed by atoms with Gasteiger partial charge in [-0.1, -0.05) is 0 Å². The fourth-order valence-corrected chi connectivity index (χ4v) is 3.49. The molecule has 1 heterocycles. The Hall–Kier alpha value is -3.33. The van der Waals surface area contributed by atoms with Crippen molar-refractivity contribution in [1.82, 2.24) is 0 Å². The number of carbonyl (C=O) groups is 1. The maximum atomic E-state index is 12.3. The molecule has 0 bridgehead atoms. The normalized spacial score (nSPS) is 11.8. The monoisotopic (exact) mass is 415 g/mol. The van der Waals surface area contributed by atoms with E-state index in [1.807, 2.05) is 0 Å². The quantitative estimate of drug-likeness (QED) is 0.188. The molecule has 0 saturated carbocycles. The van der Waals surface area contributed by atoms with Crippen LogP contribution in [0, 0.1) is 10.1 Å². The lowest BCUT2D eigenvalue weighted by Crippen LogP contribution is -2.17. The van der Waals surface area contributed by atoms with Crippen molar-refractivity contribution in [2.24, 2.45) is 0 Å². The lowest BCUT2D eigenvalue weighted by molar-refractivity contribution is -0.384. The van der Waals surface area contributed by atoms with Crippen LogP contribution >= 0.6 is 11.8 Å². The minimum Gasteiger partial charge on any atom is -0.497 e. The van der Waals surface area contributed by atoms with Gasteiger partial charge in [-0.15, -0.1) is 11.8 Å². The maximum absolute atomic E-state index is 12.3. The van der Waals surface area contributed by atoms with Gasteiger partial charge in [-0.25, -0.2) is 4.79 Å². The molecule has 0 N–H and O–H groups in total. The third kappa shape index (κ3) is 4.94. The SMILES string of the molecule is COc1ccc2c(COC(=O)[C@H](C)Sc3ccc([N+](=O)[O-])cc3)cc(=O)oc2c1. The number of nitro groups is 1. The van der Waals surface area contributed by atoms with E-state index in [4.69, 9.17) is 13.9 Å². The third-order valence-corrected chi connectivity index (χ3v) is 5.19. The number of methoxy groups -OCH3 is 1. The van der Waals surface area contributed by atoms with Crippen LogP contribution in [0.15, 0.2) is 62.6 Å². The summed E-state index contributed by atoms with van der Waals surface area (Å²) < 4.78 is 15.7. The second-order valence-electron chi connectivity index (χ2n) is 6.07. The third-order valence-electron chi connectivity index (χ3n) is 4.10. The smallest absolute Gasteiger partial charge is 0.336 e. The van der Waals surface area contributed by atoms with Crippen LogP contribution in [-0.2, 0) is 16.1 Å². The molecular weight excluding hydrogens is 398 g/mol. The Morgan fingerprint density at radius 3 is 2.59 bits per heavy atom. The summed E-state index contributed by atoms with van der Waals surface area (Å²) in [6.07, 6.45) is 0. The Kier molecular flexibility index (Phi) is 6.18. The maximum Gasteiger partial charge on any atom is 0.336 e. The van der Waals surface area contributed by atoms with Crippen LogP contribution in [0.3, 0.4) is 0 Å². The van der Waals surface area contributed by atoms with Crippen LogP contribution in [0.2, 0.25) is 0 Å². The molecule has 0 fully saturated rings. The zero-order valence-electron chi connectivity index (χ0n) is 15.6. The number of benzene rings is 2. The van der Waals surface area contributed by atoms with Crippen molar-refractivity contribution in [2.45, 2.75) is 23.7 Å². The second-order valence-corrected chi connectivity index (χ2v) is 7.49. The Balaban J connectivity index is 1.68. The number of nitrogens with zero attached hydrogens (tertiary/aromatic N) is 1. The molecule has 0 spiro atoms. The molecule has 0 aliphatic heterocycles. The highest BCUT2D eigenvalue weighted by Gasteiger charge is 2.18. The van der Waals surface area contributed by atoms with Crippen molar-refractivity contribution in [3.05, 3.63) is 74.6 Å². The Morgan fingerprint density at radius 1 is 1.21 bits per heavy atom. The number of hydrogen-bond donors (Lipinski definition) is 0. The summed E-state index contributed by atoms with van der Waals surface area (Å²) >= 11 is 1.23. The highest BCUT2D eigenvalue weighted by molar-refractivity contribution is 8.00. The lowest BCUT2D eigenvalue weighted by Gasteiger charge is -2.12. The number of hydrogen-bond acceptors (Lipinski definition) is 8. The molecule has 8 nitrogen and oxygen atoms in total. The first kappa shape index (κ1) is 20.4. The first-order valence-electron chi connectivity index (χ1n) is 8.56. The molecule has 0 amide bonds. The zero-order valence-corrected chi connectivity index (χ0v) is 16.4. The van der Waals surface area contributed by atoms with Gasteiger partial charge in [-0.3, -0.25) is 14.9 Å². The molecule has 0 unspecified atom stereocenters. The van der Waals surface area contributed by atoms with Gasteiger partial charge in [-0.2, -0.15) is 0 Å². The summed E-state index contributed by atoms with van der Waals surface area (Å²) in [5, 5.41) is 10.8. The Labute approximate surface area is 169 Å². The van der Waals surface area contributed by atoms with Crippen LogP contribution in [0.1, 0.15) is 12.5 Å². The van der Waals surface area contributed by atoms with Crippen molar-refractivity contribution >= 4 is 34.4 Å². The van der Waals surface area contributed by atoms with Gasteiger partial charge in [0.05, 0.1) is 12.0 Å². The molecule has 0 radical (unpaired) electrons. The number of ether oxygens (including phenoxy) is 2. The summed E-state index contributed by atoms with van der Waals surface area (Å²) in [5.74, 6) is 0.0752. The number of fused-ring (bicyclic) bond motifs is 1.